The number of dihydropyridines is 1. The van der Waals surface area contributed by atoms with E-state index in [2.05, 4.69) is 74.9 Å². The van der Waals surface area contributed by atoms with Crippen LogP contribution in [0.3, 0.4) is 0 Å². The molecule has 2 aromatic heterocycles. The van der Waals surface area contributed by atoms with Crippen LogP contribution in [0, 0.1) is 6.92 Å². The molecule has 2 aliphatic rings. The minimum atomic E-state index is 0.510. The monoisotopic (exact) mass is 426 g/mol. The normalized spacial score (nSPS) is 15.4. The number of halogens is 1. The second kappa shape index (κ2) is 8.40. The zero-order valence-corrected chi connectivity index (χ0v) is 18.1. The highest BCUT2D eigenvalue weighted by Crippen LogP contribution is 2.27. The van der Waals surface area contributed by atoms with Crippen LogP contribution in [0.2, 0.25) is 5.15 Å². The van der Waals surface area contributed by atoms with E-state index in [1.807, 2.05) is 25.3 Å². The van der Waals surface area contributed by atoms with Gasteiger partial charge in [-0.2, -0.15) is 0 Å². The Labute approximate surface area is 187 Å². The summed E-state index contributed by atoms with van der Waals surface area (Å²) in [5.41, 5.74) is 9.59. The minimum absolute atomic E-state index is 0.510. The van der Waals surface area contributed by atoms with Gasteiger partial charge in [-0.05, 0) is 71.2 Å². The third-order valence-corrected chi connectivity index (χ3v) is 5.87. The fraction of sp³-hybridized carbons (Fsp3) is 0.154. The molecule has 31 heavy (non-hydrogen) atoms. The quantitative estimate of drug-likeness (QED) is 0.569. The van der Waals surface area contributed by atoms with Crippen LogP contribution in [0.4, 0.5) is 0 Å². The average Bonchev–Trinajstić information content (AvgIpc) is 2.79. The average molecular weight is 427 g/mol. The molecule has 0 atom stereocenters. The van der Waals surface area contributed by atoms with Crippen molar-refractivity contribution < 1.29 is 0 Å². The molecule has 0 amide bonds. The highest BCUT2D eigenvalue weighted by atomic mass is 35.5. The predicted octanol–water partition coefficient (Wildman–Crippen LogP) is 5.38. The molecule has 0 spiro atoms. The molecule has 0 aliphatic carbocycles. The van der Waals surface area contributed by atoms with E-state index in [-0.39, 0.29) is 0 Å². The lowest BCUT2D eigenvalue weighted by Gasteiger charge is -2.30. The van der Waals surface area contributed by atoms with E-state index in [4.69, 9.17) is 11.6 Å². The Morgan fingerprint density at radius 1 is 0.968 bits per heavy atom. The highest BCUT2D eigenvalue weighted by Gasteiger charge is 2.18. The first-order chi connectivity index (χ1) is 15.1. The summed E-state index contributed by atoms with van der Waals surface area (Å²) in [6, 6.07) is 16.9. The van der Waals surface area contributed by atoms with Gasteiger partial charge in [-0.1, -0.05) is 35.9 Å². The lowest BCUT2D eigenvalue weighted by atomic mass is 9.97. The zero-order valence-electron chi connectivity index (χ0n) is 17.3. The van der Waals surface area contributed by atoms with Crippen LogP contribution in [0.1, 0.15) is 16.8 Å². The van der Waals surface area contributed by atoms with Gasteiger partial charge in [-0.15, -0.1) is 0 Å². The maximum absolute atomic E-state index is 6.05. The molecule has 0 radical (unpaired) electrons. The molecule has 0 saturated carbocycles. The van der Waals surface area contributed by atoms with E-state index in [0.29, 0.717) is 5.15 Å². The third kappa shape index (κ3) is 4.39. The molecular formula is C26H23ClN4. The molecule has 5 rings (SSSR count). The summed E-state index contributed by atoms with van der Waals surface area (Å²) < 4.78 is 0. The molecule has 3 aromatic rings. The topological polar surface area (TPSA) is 41.0 Å². The molecule has 4 heterocycles. The van der Waals surface area contributed by atoms with E-state index in [1.54, 1.807) is 6.20 Å². The standard InChI is InChI=1S/C26H23ClN4/c1-18-12-21(6-9-28-18)20-4-2-19(3-5-20)16-31-11-8-22-13-25(30-15-24(22)17-31)23-7-10-29-26(27)14-23/h2-14,30H,15-17H2,1H3. The van der Waals surface area contributed by atoms with Crippen molar-refractivity contribution >= 4 is 17.3 Å². The van der Waals surface area contributed by atoms with Gasteiger partial charge in [-0.25, -0.2) is 4.98 Å². The summed E-state index contributed by atoms with van der Waals surface area (Å²) in [5, 5.41) is 4.04. The first-order valence-corrected chi connectivity index (χ1v) is 10.8. The summed E-state index contributed by atoms with van der Waals surface area (Å²) in [6.45, 7) is 4.67. The molecule has 0 saturated heterocycles. The van der Waals surface area contributed by atoms with Gasteiger partial charge in [0.15, 0.2) is 0 Å². The molecule has 0 unspecified atom stereocenters. The molecule has 1 aromatic carbocycles. The predicted molar refractivity (Wildman–Crippen MR) is 126 cm³/mol. The molecular weight excluding hydrogens is 404 g/mol. The number of aromatic nitrogens is 2. The molecule has 0 bridgehead atoms. The van der Waals surface area contributed by atoms with Gasteiger partial charge in [-0.3, -0.25) is 4.98 Å². The van der Waals surface area contributed by atoms with Crippen molar-refractivity contribution in [3.63, 3.8) is 0 Å². The van der Waals surface area contributed by atoms with E-state index in [9.17, 15) is 0 Å². The number of nitrogens with one attached hydrogen (secondary N) is 1. The number of hydrogen-bond donors (Lipinski definition) is 1. The second-order valence-electron chi connectivity index (χ2n) is 7.94. The Balaban J connectivity index is 1.27. The number of aryl methyl sites for hydroxylation is 1. The molecule has 154 valence electrons. The number of pyridine rings is 2. The summed E-state index contributed by atoms with van der Waals surface area (Å²) in [5.74, 6) is 0. The fourth-order valence-electron chi connectivity index (χ4n) is 4.04. The van der Waals surface area contributed by atoms with E-state index in [0.717, 1.165) is 36.6 Å². The zero-order chi connectivity index (χ0) is 21.2. The summed E-state index contributed by atoms with van der Waals surface area (Å²) in [4.78, 5) is 10.7. The van der Waals surface area contributed by atoms with E-state index >= 15 is 0 Å². The van der Waals surface area contributed by atoms with Gasteiger partial charge >= 0.3 is 0 Å². The van der Waals surface area contributed by atoms with Crippen molar-refractivity contribution in [3.8, 4) is 11.1 Å². The number of allylic oxidation sites excluding steroid dienone is 3. The molecule has 1 N–H and O–H groups in total. The van der Waals surface area contributed by atoms with E-state index < -0.39 is 0 Å². The Hall–Kier alpha value is -3.37. The minimum Gasteiger partial charge on any atom is -0.381 e. The van der Waals surface area contributed by atoms with Gasteiger partial charge in [0.05, 0.1) is 0 Å². The van der Waals surface area contributed by atoms with Gasteiger partial charge in [0.1, 0.15) is 5.15 Å². The Bertz CT molecular complexity index is 1210. The van der Waals surface area contributed by atoms with Gasteiger partial charge in [0, 0.05) is 55.2 Å². The van der Waals surface area contributed by atoms with Crippen molar-refractivity contribution in [2.45, 2.75) is 13.5 Å². The molecule has 0 fully saturated rings. The summed E-state index contributed by atoms with van der Waals surface area (Å²) >= 11 is 6.05. The Kier molecular flexibility index (Phi) is 5.31. The third-order valence-electron chi connectivity index (χ3n) is 5.67. The van der Waals surface area contributed by atoms with Crippen LogP contribution < -0.4 is 5.32 Å². The van der Waals surface area contributed by atoms with Crippen molar-refractivity contribution in [1.82, 2.24) is 20.2 Å². The maximum atomic E-state index is 6.05. The summed E-state index contributed by atoms with van der Waals surface area (Å²) in [7, 11) is 0. The number of rotatable bonds is 4. The molecule has 2 aliphatic heterocycles. The van der Waals surface area contributed by atoms with Crippen molar-refractivity contribution in [1.29, 1.82) is 0 Å². The smallest absolute Gasteiger partial charge is 0.129 e. The molecule has 5 heteroatoms. The summed E-state index contributed by atoms with van der Waals surface area (Å²) in [6.07, 6.45) is 10.2. The van der Waals surface area contributed by atoms with Crippen LogP contribution in [0.25, 0.3) is 16.8 Å². The maximum Gasteiger partial charge on any atom is 0.129 e. The lowest BCUT2D eigenvalue weighted by molar-refractivity contribution is 0.390. The van der Waals surface area contributed by atoms with E-state index in [1.165, 1.54) is 27.8 Å². The number of benzene rings is 1. The van der Waals surface area contributed by atoms with Gasteiger partial charge in [0.25, 0.3) is 0 Å². The SMILES string of the molecule is Cc1cc(-c2ccc(CN3C=CC4=C(CNC(c5ccnc(Cl)c5)=C4)C3)cc2)ccn1. The van der Waals surface area contributed by atoms with Gasteiger partial charge in [0.2, 0.25) is 0 Å². The highest BCUT2D eigenvalue weighted by molar-refractivity contribution is 6.29. The van der Waals surface area contributed by atoms with Gasteiger partial charge < -0.3 is 10.2 Å². The fourth-order valence-corrected chi connectivity index (χ4v) is 4.21. The van der Waals surface area contributed by atoms with Crippen LogP contribution in [-0.2, 0) is 6.54 Å². The number of nitrogens with zero attached hydrogens (tertiary/aromatic N) is 3. The molecule has 4 nitrogen and oxygen atoms in total. The lowest BCUT2D eigenvalue weighted by Crippen LogP contribution is -2.30. The number of hydrogen-bond acceptors (Lipinski definition) is 4. The van der Waals surface area contributed by atoms with Crippen molar-refractivity contribution in [2.75, 3.05) is 13.1 Å². The van der Waals surface area contributed by atoms with Crippen molar-refractivity contribution in [2.24, 2.45) is 0 Å². The largest absolute Gasteiger partial charge is 0.381 e. The second-order valence-corrected chi connectivity index (χ2v) is 8.33. The Morgan fingerprint density at radius 2 is 1.77 bits per heavy atom. The Morgan fingerprint density at radius 3 is 2.58 bits per heavy atom. The van der Waals surface area contributed by atoms with Crippen molar-refractivity contribution in [3.05, 3.63) is 112 Å². The van der Waals surface area contributed by atoms with Crippen LogP contribution >= 0.6 is 11.6 Å². The van der Waals surface area contributed by atoms with Crippen LogP contribution in [-0.4, -0.2) is 28.0 Å². The van der Waals surface area contributed by atoms with Crippen LogP contribution in [0.5, 0.6) is 0 Å². The first kappa shape index (κ1) is 19.6. The van der Waals surface area contributed by atoms with Crippen LogP contribution in [0.15, 0.2) is 90.4 Å². The first-order valence-electron chi connectivity index (χ1n) is 10.4.